The van der Waals surface area contributed by atoms with Crippen molar-refractivity contribution < 1.29 is 14.3 Å². The summed E-state index contributed by atoms with van der Waals surface area (Å²) in [5, 5.41) is 3.57. The Labute approximate surface area is 186 Å². The van der Waals surface area contributed by atoms with E-state index in [0.717, 1.165) is 16.6 Å². The Kier molecular flexibility index (Phi) is 5.96. The molecule has 3 N–H and O–H groups in total. The van der Waals surface area contributed by atoms with Gasteiger partial charge in [0.25, 0.3) is 5.91 Å². The predicted octanol–water partition coefficient (Wildman–Crippen LogP) is 4.68. The molecule has 1 fully saturated rings. The first kappa shape index (κ1) is 21.3. The van der Waals surface area contributed by atoms with Gasteiger partial charge in [0.05, 0.1) is 0 Å². The van der Waals surface area contributed by atoms with Crippen LogP contribution in [0.25, 0.3) is 0 Å². The number of hydrogen-bond donors (Lipinski definition) is 2. The van der Waals surface area contributed by atoms with E-state index in [1.807, 2.05) is 37.7 Å². The minimum atomic E-state index is -0.449. The van der Waals surface area contributed by atoms with Crippen molar-refractivity contribution in [2.75, 3.05) is 7.05 Å². The average molecular weight is 438 g/mol. The van der Waals surface area contributed by atoms with Gasteiger partial charge in [-0.25, -0.2) is 0 Å². The van der Waals surface area contributed by atoms with Crippen molar-refractivity contribution in [1.82, 2.24) is 5.32 Å². The van der Waals surface area contributed by atoms with Gasteiger partial charge in [-0.05, 0) is 75.4 Å². The molecule has 0 spiro atoms. The van der Waals surface area contributed by atoms with Crippen LogP contribution in [0.2, 0.25) is 0 Å². The summed E-state index contributed by atoms with van der Waals surface area (Å²) in [5.41, 5.74) is 6.75. The Balaban J connectivity index is 1.61. The van der Waals surface area contributed by atoms with Gasteiger partial charge in [0.2, 0.25) is 0 Å². The molecule has 6 nitrogen and oxygen atoms in total. The highest BCUT2D eigenvalue weighted by molar-refractivity contribution is 8.00. The summed E-state index contributed by atoms with van der Waals surface area (Å²) >= 11 is 1.91. The molecule has 0 unspecified atom stereocenters. The number of benzene rings is 2. The second-order valence-electron chi connectivity index (χ2n) is 8.34. The number of fused-ring (bicyclic) bond motifs is 1. The maximum Gasteiger partial charge on any atom is 0.279 e. The molecule has 2 aromatic rings. The fourth-order valence-corrected chi connectivity index (χ4v) is 4.39. The zero-order valence-electron chi connectivity index (χ0n) is 18.0. The minimum absolute atomic E-state index is 0.118. The SMILES string of the molecule is CN/C=C\C(N)=NC(=O)c1cc(Oc2ccc(SC3CC3)cc2)c2c(c1)OC(C)(C)C2. The van der Waals surface area contributed by atoms with E-state index in [0.29, 0.717) is 23.5 Å². The van der Waals surface area contributed by atoms with Gasteiger partial charge in [-0.3, -0.25) is 4.79 Å². The third-order valence-corrected chi connectivity index (χ3v) is 6.28. The lowest BCUT2D eigenvalue weighted by atomic mass is 9.99. The van der Waals surface area contributed by atoms with Crippen LogP contribution in [0.5, 0.6) is 17.2 Å². The summed E-state index contributed by atoms with van der Waals surface area (Å²) in [7, 11) is 1.74. The molecule has 0 saturated heterocycles. The maximum absolute atomic E-state index is 12.7. The first-order chi connectivity index (χ1) is 14.8. The van der Waals surface area contributed by atoms with Crippen LogP contribution in [0.1, 0.15) is 42.6 Å². The molecule has 1 aliphatic heterocycles. The van der Waals surface area contributed by atoms with Gasteiger partial charge in [0.15, 0.2) is 0 Å². The van der Waals surface area contributed by atoms with E-state index in [1.54, 1.807) is 25.4 Å². The Morgan fingerprint density at radius 3 is 2.71 bits per heavy atom. The second-order valence-corrected chi connectivity index (χ2v) is 9.72. The third-order valence-electron chi connectivity index (χ3n) is 4.93. The fourth-order valence-electron chi connectivity index (χ4n) is 3.34. The zero-order chi connectivity index (χ0) is 22.0. The highest BCUT2D eigenvalue weighted by atomic mass is 32.2. The smallest absolute Gasteiger partial charge is 0.279 e. The highest BCUT2D eigenvalue weighted by Crippen LogP contribution is 2.44. The molecular formula is C24H27N3O3S. The molecule has 2 aliphatic rings. The minimum Gasteiger partial charge on any atom is -0.487 e. The number of ether oxygens (including phenoxy) is 2. The summed E-state index contributed by atoms with van der Waals surface area (Å²) in [6, 6.07) is 11.5. The molecule has 1 saturated carbocycles. The van der Waals surface area contributed by atoms with E-state index in [9.17, 15) is 4.79 Å². The van der Waals surface area contributed by atoms with E-state index in [1.165, 1.54) is 23.8 Å². The van der Waals surface area contributed by atoms with E-state index in [4.69, 9.17) is 15.2 Å². The van der Waals surface area contributed by atoms with Crippen LogP contribution in [0.15, 0.2) is 58.6 Å². The van der Waals surface area contributed by atoms with Crippen molar-refractivity contribution in [3.63, 3.8) is 0 Å². The van der Waals surface area contributed by atoms with Gasteiger partial charge in [-0.15, -0.1) is 11.8 Å². The largest absolute Gasteiger partial charge is 0.487 e. The second kappa shape index (κ2) is 8.67. The zero-order valence-corrected chi connectivity index (χ0v) is 18.8. The molecule has 162 valence electrons. The first-order valence-corrected chi connectivity index (χ1v) is 11.2. The van der Waals surface area contributed by atoms with Crippen LogP contribution >= 0.6 is 11.8 Å². The van der Waals surface area contributed by atoms with Crippen molar-refractivity contribution in [2.24, 2.45) is 10.7 Å². The van der Waals surface area contributed by atoms with Gasteiger partial charge in [0.1, 0.15) is 28.7 Å². The van der Waals surface area contributed by atoms with Gasteiger partial charge in [-0.2, -0.15) is 4.99 Å². The molecule has 31 heavy (non-hydrogen) atoms. The van der Waals surface area contributed by atoms with Crippen LogP contribution in [0, 0.1) is 0 Å². The molecular weight excluding hydrogens is 410 g/mol. The lowest BCUT2D eigenvalue weighted by Crippen LogP contribution is -2.24. The van der Waals surface area contributed by atoms with E-state index < -0.39 is 5.91 Å². The summed E-state index contributed by atoms with van der Waals surface area (Å²) in [4.78, 5) is 17.9. The van der Waals surface area contributed by atoms with Crippen molar-refractivity contribution in [3.8, 4) is 17.2 Å². The number of carbonyl (C=O) groups is 1. The number of aliphatic imine (C=N–C) groups is 1. The summed E-state index contributed by atoms with van der Waals surface area (Å²) in [6.45, 7) is 4.03. The molecule has 0 radical (unpaired) electrons. The van der Waals surface area contributed by atoms with E-state index in [2.05, 4.69) is 22.4 Å². The monoisotopic (exact) mass is 437 g/mol. The van der Waals surface area contributed by atoms with Crippen LogP contribution in [0.3, 0.4) is 0 Å². The van der Waals surface area contributed by atoms with Crippen molar-refractivity contribution >= 4 is 23.5 Å². The van der Waals surface area contributed by atoms with Gasteiger partial charge in [-0.1, -0.05) is 0 Å². The van der Waals surface area contributed by atoms with E-state index >= 15 is 0 Å². The number of nitrogens with one attached hydrogen (secondary N) is 1. The number of nitrogens with zero attached hydrogens (tertiary/aromatic N) is 1. The van der Waals surface area contributed by atoms with E-state index in [-0.39, 0.29) is 11.4 Å². The molecule has 0 atom stereocenters. The molecule has 1 amide bonds. The average Bonchev–Trinajstić information content (AvgIpc) is 3.47. The summed E-state index contributed by atoms with van der Waals surface area (Å²) < 4.78 is 12.3. The molecule has 7 heteroatoms. The Hall–Kier alpha value is -2.93. The number of hydrogen-bond acceptors (Lipinski definition) is 5. The summed E-state index contributed by atoms with van der Waals surface area (Å²) in [5.74, 6) is 1.64. The molecule has 1 heterocycles. The Morgan fingerprint density at radius 2 is 2.03 bits per heavy atom. The molecule has 0 aromatic heterocycles. The van der Waals surface area contributed by atoms with Crippen LogP contribution in [-0.2, 0) is 6.42 Å². The van der Waals surface area contributed by atoms with Gasteiger partial charge >= 0.3 is 0 Å². The van der Waals surface area contributed by atoms with Crippen molar-refractivity contribution in [3.05, 3.63) is 59.8 Å². The number of thioether (sulfide) groups is 1. The molecule has 2 aromatic carbocycles. The Morgan fingerprint density at radius 1 is 1.29 bits per heavy atom. The number of nitrogens with two attached hydrogens (primary N) is 1. The number of rotatable bonds is 7. The fraction of sp³-hybridized carbons (Fsp3) is 0.333. The van der Waals surface area contributed by atoms with Crippen molar-refractivity contribution in [2.45, 2.75) is 48.9 Å². The summed E-state index contributed by atoms with van der Waals surface area (Å²) in [6.07, 6.45) is 6.43. The number of carbonyl (C=O) groups excluding carboxylic acids is 1. The third kappa shape index (κ3) is 5.41. The van der Waals surface area contributed by atoms with Gasteiger partial charge in [0, 0.05) is 34.7 Å². The van der Waals surface area contributed by atoms with Gasteiger partial charge < -0.3 is 20.5 Å². The first-order valence-electron chi connectivity index (χ1n) is 10.4. The predicted molar refractivity (Wildman–Crippen MR) is 124 cm³/mol. The standard InChI is InChI=1S/C24H27N3O3S/c1-24(2)14-19-20(29-16-4-6-17(7-5-16)31-18-8-9-18)12-15(13-21(19)30-24)23(28)27-22(25)10-11-26-3/h4-7,10-13,18,26H,8-9,14H2,1-3H3,(H2,25,27,28)/b11-10-. The maximum atomic E-state index is 12.7. The lowest BCUT2D eigenvalue weighted by molar-refractivity contribution is 0.100. The van der Waals surface area contributed by atoms with Crippen molar-refractivity contribution in [1.29, 1.82) is 0 Å². The molecule has 4 rings (SSSR count). The van der Waals surface area contributed by atoms with Crippen LogP contribution in [-0.4, -0.2) is 29.6 Å². The topological polar surface area (TPSA) is 85.9 Å². The van der Waals surface area contributed by atoms with Crippen LogP contribution < -0.4 is 20.5 Å². The molecule has 1 aliphatic carbocycles. The quantitative estimate of drug-likeness (QED) is 0.483. The number of amides is 1. The molecule has 0 bridgehead atoms. The normalized spacial score (nSPS) is 17.3. The lowest BCUT2D eigenvalue weighted by Gasteiger charge is -2.16. The van der Waals surface area contributed by atoms with Crippen LogP contribution in [0.4, 0.5) is 0 Å². The highest BCUT2D eigenvalue weighted by Gasteiger charge is 2.34. The Bertz CT molecular complexity index is 1040. The number of amidine groups is 1.